The first-order chi connectivity index (χ1) is 13.6. The molecule has 5 nitrogen and oxygen atoms in total. The number of carbonyl (C=O) groups is 1. The van der Waals surface area contributed by atoms with Gasteiger partial charge in [0.15, 0.2) is 6.61 Å². The van der Waals surface area contributed by atoms with Crippen molar-refractivity contribution in [2.45, 2.75) is 32.9 Å². The average molecular weight is 405 g/mol. The largest absolute Gasteiger partial charge is 0.484 e. The quantitative estimate of drug-likeness (QED) is 0.791. The molecule has 3 rings (SSSR count). The molecule has 1 amide bonds. The number of likely N-dealkylation sites (N-methyl/N-ethyl adjacent to an activating group) is 1. The third-order valence-electron chi connectivity index (χ3n) is 4.77. The number of aliphatic hydroxyl groups excluding tert-OH is 1. The lowest BCUT2D eigenvalue weighted by Crippen LogP contribution is -2.38. The number of amides is 1. The maximum atomic E-state index is 12.4. The Hall–Kier alpha value is -2.24. The molecule has 0 spiro atoms. The zero-order valence-electron chi connectivity index (χ0n) is 16.8. The molecule has 152 valence electrons. The maximum absolute atomic E-state index is 12.4. The van der Waals surface area contributed by atoms with Crippen molar-refractivity contribution in [1.82, 2.24) is 4.90 Å². The van der Waals surface area contributed by atoms with Crippen LogP contribution in [0.25, 0.3) is 0 Å². The highest BCUT2D eigenvalue weighted by Crippen LogP contribution is 2.23. The molecule has 0 radical (unpaired) electrons. The van der Waals surface area contributed by atoms with E-state index in [0.717, 1.165) is 29.2 Å². The zero-order valence-corrected chi connectivity index (χ0v) is 17.5. The summed E-state index contributed by atoms with van der Waals surface area (Å²) >= 11 is 5.95. The molecule has 1 heterocycles. The van der Waals surface area contributed by atoms with E-state index in [-0.39, 0.29) is 25.2 Å². The summed E-state index contributed by atoms with van der Waals surface area (Å²) in [6.45, 7) is 5.43. The van der Waals surface area contributed by atoms with Crippen LogP contribution in [0.3, 0.4) is 0 Å². The summed E-state index contributed by atoms with van der Waals surface area (Å²) in [5.74, 6) is 0.618. The van der Waals surface area contributed by atoms with Crippen LogP contribution in [0.4, 0.5) is 5.69 Å². The zero-order chi connectivity index (χ0) is 20.5. The number of nitrogens with zero attached hydrogens (tertiary/aromatic N) is 2. The van der Waals surface area contributed by atoms with E-state index in [0.29, 0.717) is 12.3 Å². The number of hydrogen-bond donors (Lipinski definition) is 1. The van der Waals surface area contributed by atoms with Gasteiger partial charge in [0, 0.05) is 36.9 Å². The van der Waals surface area contributed by atoms with Gasteiger partial charge in [-0.2, -0.15) is 0 Å². The first-order valence-electron chi connectivity index (χ1n) is 9.65. The lowest BCUT2D eigenvalue weighted by Gasteiger charge is -2.27. The molecule has 2 aromatic carbocycles. The van der Waals surface area contributed by atoms with E-state index in [2.05, 4.69) is 4.90 Å². The number of likely N-dealkylation sites (tertiary alicyclic amines) is 1. The topological polar surface area (TPSA) is 53.0 Å². The van der Waals surface area contributed by atoms with E-state index in [4.69, 9.17) is 21.4 Å². The van der Waals surface area contributed by atoms with Gasteiger partial charge in [0.1, 0.15) is 5.75 Å². The van der Waals surface area contributed by atoms with Gasteiger partial charge in [-0.3, -0.25) is 4.79 Å². The van der Waals surface area contributed by atoms with Crippen LogP contribution in [-0.4, -0.2) is 48.7 Å². The van der Waals surface area contributed by atoms with Crippen LogP contribution in [0, 0.1) is 0 Å². The predicted molar refractivity (Wildman–Crippen MR) is 114 cm³/mol. The van der Waals surface area contributed by atoms with Crippen molar-refractivity contribution in [3.8, 4) is 5.75 Å². The Balaban J connectivity index is 0.00000136. The molecule has 1 fully saturated rings. The van der Waals surface area contributed by atoms with Gasteiger partial charge in [-0.05, 0) is 48.4 Å². The van der Waals surface area contributed by atoms with Crippen LogP contribution < -0.4 is 9.64 Å². The second-order valence-electron chi connectivity index (χ2n) is 6.46. The van der Waals surface area contributed by atoms with Gasteiger partial charge < -0.3 is 19.6 Å². The molecule has 1 atom stereocenters. The van der Waals surface area contributed by atoms with Crippen molar-refractivity contribution in [2.24, 2.45) is 0 Å². The Morgan fingerprint density at radius 2 is 1.82 bits per heavy atom. The van der Waals surface area contributed by atoms with Gasteiger partial charge in [0.05, 0.1) is 6.61 Å². The van der Waals surface area contributed by atoms with E-state index in [9.17, 15) is 4.79 Å². The van der Waals surface area contributed by atoms with E-state index >= 15 is 0 Å². The molecular weight excluding hydrogens is 376 g/mol. The van der Waals surface area contributed by atoms with Crippen LogP contribution in [0.2, 0.25) is 5.02 Å². The normalized spacial score (nSPS) is 15.6. The summed E-state index contributed by atoms with van der Waals surface area (Å²) < 4.78 is 5.57. The minimum atomic E-state index is -0.0109. The van der Waals surface area contributed by atoms with Crippen LogP contribution in [0.1, 0.15) is 25.8 Å². The molecule has 1 unspecified atom stereocenters. The number of aliphatic hydroxyl groups is 1. The van der Waals surface area contributed by atoms with Gasteiger partial charge >= 0.3 is 0 Å². The van der Waals surface area contributed by atoms with Crippen LogP contribution in [-0.2, 0) is 11.4 Å². The molecule has 0 bridgehead atoms. The standard InChI is InChI=1S/C20H23ClN2O3.C2H6/c1-22(17-6-4-16(21)5-7-17)18-10-11-23(12-18)20(25)14-26-19-8-2-15(13-24)3-9-19;1-2/h2-9,18,24H,10-14H2,1H3;1-2H3. The highest BCUT2D eigenvalue weighted by molar-refractivity contribution is 6.30. The van der Waals surface area contributed by atoms with Crippen LogP contribution in [0.15, 0.2) is 48.5 Å². The summed E-state index contributed by atoms with van der Waals surface area (Å²) in [6.07, 6.45) is 0.927. The lowest BCUT2D eigenvalue weighted by atomic mass is 10.2. The van der Waals surface area contributed by atoms with Crippen molar-refractivity contribution in [2.75, 3.05) is 31.6 Å². The third kappa shape index (κ3) is 5.88. The highest BCUT2D eigenvalue weighted by atomic mass is 35.5. The van der Waals surface area contributed by atoms with Crippen molar-refractivity contribution >= 4 is 23.2 Å². The number of hydrogen-bond acceptors (Lipinski definition) is 4. The third-order valence-corrected chi connectivity index (χ3v) is 5.02. The van der Waals surface area contributed by atoms with E-state index in [1.165, 1.54) is 0 Å². The summed E-state index contributed by atoms with van der Waals surface area (Å²) in [5, 5.41) is 9.76. The number of anilines is 1. The molecule has 1 aliphatic rings. The molecular formula is C22H29ClN2O3. The monoisotopic (exact) mass is 404 g/mol. The fourth-order valence-corrected chi connectivity index (χ4v) is 3.22. The summed E-state index contributed by atoms with van der Waals surface area (Å²) in [5.41, 5.74) is 1.91. The summed E-state index contributed by atoms with van der Waals surface area (Å²) in [6, 6.07) is 15.1. The Morgan fingerprint density at radius 3 is 2.43 bits per heavy atom. The molecule has 6 heteroatoms. The molecule has 1 aliphatic heterocycles. The lowest BCUT2D eigenvalue weighted by molar-refractivity contribution is -0.132. The molecule has 2 aromatic rings. The van der Waals surface area contributed by atoms with Crippen molar-refractivity contribution in [3.05, 3.63) is 59.1 Å². The number of carbonyl (C=O) groups excluding carboxylic acids is 1. The Kier molecular flexibility index (Phi) is 8.61. The molecule has 28 heavy (non-hydrogen) atoms. The first kappa shape index (κ1) is 22.1. The van der Waals surface area contributed by atoms with E-state index in [1.807, 2.05) is 50.1 Å². The van der Waals surface area contributed by atoms with Crippen molar-refractivity contribution < 1.29 is 14.6 Å². The molecule has 0 saturated carbocycles. The van der Waals surface area contributed by atoms with Gasteiger partial charge in [-0.15, -0.1) is 0 Å². The Labute approximate surface area is 172 Å². The fourth-order valence-electron chi connectivity index (χ4n) is 3.10. The number of rotatable bonds is 6. The predicted octanol–water partition coefficient (Wildman–Crippen LogP) is 3.97. The number of ether oxygens (including phenoxy) is 1. The van der Waals surface area contributed by atoms with Crippen LogP contribution in [0.5, 0.6) is 5.75 Å². The summed E-state index contributed by atoms with van der Waals surface area (Å²) in [4.78, 5) is 16.5. The minimum absolute atomic E-state index is 0.00445. The van der Waals surface area contributed by atoms with Gasteiger partial charge in [-0.25, -0.2) is 0 Å². The molecule has 1 saturated heterocycles. The van der Waals surface area contributed by atoms with Gasteiger partial charge in [-0.1, -0.05) is 37.6 Å². The average Bonchev–Trinajstić information content (AvgIpc) is 3.24. The minimum Gasteiger partial charge on any atom is -0.484 e. The fraction of sp³-hybridized carbons (Fsp3) is 0.409. The molecule has 1 N–H and O–H groups in total. The molecule has 0 aromatic heterocycles. The smallest absolute Gasteiger partial charge is 0.260 e. The van der Waals surface area contributed by atoms with E-state index < -0.39 is 0 Å². The van der Waals surface area contributed by atoms with Gasteiger partial charge in [0.25, 0.3) is 5.91 Å². The first-order valence-corrected chi connectivity index (χ1v) is 10.0. The van der Waals surface area contributed by atoms with Crippen molar-refractivity contribution in [3.63, 3.8) is 0 Å². The summed E-state index contributed by atoms with van der Waals surface area (Å²) in [7, 11) is 2.04. The Bertz CT molecular complexity index is 734. The molecule has 0 aliphatic carbocycles. The Morgan fingerprint density at radius 1 is 1.18 bits per heavy atom. The van der Waals surface area contributed by atoms with Crippen molar-refractivity contribution in [1.29, 1.82) is 0 Å². The highest BCUT2D eigenvalue weighted by Gasteiger charge is 2.29. The van der Waals surface area contributed by atoms with Gasteiger partial charge in [0.2, 0.25) is 0 Å². The number of benzene rings is 2. The van der Waals surface area contributed by atoms with E-state index in [1.54, 1.807) is 24.3 Å². The number of halogens is 1. The maximum Gasteiger partial charge on any atom is 0.260 e. The second kappa shape index (κ2) is 10.9. The second-order valence-corrected chi connectivity index (χ2v) is 6.90. The SMILES string of the molecule is CC.CN(c1ccc(Cl)cc1)C1CCN(C(=O)COc2ccc(CO)cc2)C1. The van der Waals surface area contributed by atoms with Crippen LogP contribution >= 0.6 is 11.6 Å².